The normalized spacial score (nSPS) is 20.6. The molecule has 2 heterocycles. The maximum Gasteiger partial charge on any atom is 0.243 e. The minimum absolute atomic E-state index is 0.00102. The number of hydrogen-bond acceptors (Lipinski definition) is 4. The van der Waals surface area contributed by atoms with E-state index in [9.17, 15) is 13.2 Å². The van der Waals surface area contributed by atoms with Gasteiger partial charge < -0.3 is 5.32 Å². The van der Waals surface area contributed by atoms with Crippen LogP contribution in [0.15, 0.2) is 23.1 Å². The van der Waals surface area contributed by atoms with Gasteiger partial charge in [0.05, 0.1) is 4.90 Å². The number of aryl methyl sites for hydroxylation is 1. The van der Waals surface area contributed by atoms with E-state index in [0.29, 0.717) is 24.4 Å². The molecule has 0 aliphatic carbocycles. The first-order valence-electron chi connectivity index (χ1n) is 7.58. The number of amides is 1. The van der Waals surface area contributed by atoms with E-state index in [1.807, 2.05) is 0 Å². The predicted molar refractivity (Wildman–Crippen MR) is 88.7 cm³/mol. The summed E-state index contributed by atoms with van der Waals surface area (Å²) in [6, 6.07) is 5.06. The molecule has 7 heteroatoms. The van der Waals surface area contributed by atoms with Crippen molar-refractivity contribution in [2.75, 3.05) is 29.9 Å². The molecule has 0 bridgehead atoms. The van der Waals surface area contributed by atoms with Crippen molar-refractivity contribution in [2.24, 2.45) is 0 Å². The van der Waals surface area contributed by atoms with Gasteiger partial charge in [-0.15, -0.1) is 0 Å². The summed E-state index contributed by atoms with van der Waals surface area (Å²) < 4.78 is 27.2. The Bertz CT molecular complexity index is 665. The summed E-state index contributed by atoms with van der Waals surface area (Å²) in [4.78, 5) is 11.9. The van der Waals surface area contributed by atoms with Crippen LogP contribution in [0.5, 0.6) is 0 Å². The molecule has 1 aromatic rings. The van der Waals surface area contributed by atoms with Crippen LogP contribution >= 0.6 is 11.8 Å². The Morgan fingerprint density at radius 1 is 1.09 bits per heavy atom. The first-order chi connectivity index (χ1) is 10.6. The van der Waals surface area contributed by atoms with Gasteiger partial charge in [0, 0.05) is 31.0 Å². The maximum atomic E-state index is 12.8. The maximum absolute atomic E-state index is 12.8. The summed E-state index contributed by atoms with van der Waals surface area (Å²) in [5, 5.41) is 2.84. The van der Waals surface area contributed by atoms with Crippen molar-refractivity contribution in [1.82, 2.24) is 4.31 Å². The summed E-state index contributed by atoms with van der Waals surface area (Å²) in [7, 11) is -3.44. The average Bonchev–Trinajstić information content (AvgIpc) is 2.86. The van der Waals surface area contributed by atoms with Gasteiger partial charge >= 0.3 is 0 Å². The van der Waals surface area contributed by atoms with Crippen molar-refractivity contribution in [3.05, 3.63) is 23.8 Å². The lowest BCUT2D eigenvalue weighted by atomic mass is 10.1. The molecule has 2 aliphatic heterocycles. The summed E-state index contributed by atoms with van der Waals surface area (Å²) >= 11 is 1.80. The van der Waals surface area contributed by atoms with Crippen molar-refractivity contribution in [3.63, 3.8) is 0 Å². The van der Waals surface area contributed by atoms with E-state index in [1.165, 1.54) is 0 Å². The van der Waals surface area contributed by atoms with Crippen LogP contribution in [0.2, 0.25) is 0 Å². The highest BCUT2D eigenvalue weighted by molar-refractivity contribution is 7.99. The van der Waals surface area contributed by atoms with E-state index in [0.717, 1.165) is 42.0 Å². The second-order valence-electron chi connectivity index (χ2n) is 5.59. The number of benzene rings is 1. The highest BCUT2D eigenvalue weighted by atomic mass is 32.2. The van der Waals surface area contributed by atoms with Gasteiger partial charge in [0.25, 0.3) is 0 Å². The van der Waals surface area contributed by atoms with E-state index < -0.39 is 10.0 Å². The second-order valence-corrected chi connectivity index (χ2v) is 8.75. The van der Waals surface area contributed by atoms with Crippen molar-refractivity contribution in [2.45, 2.75) is 30.6 Å². The molecule has 0 spiro atoms. The van der Waals surface area contributed by atoms with Gasteiger partial charge in [-0.3, -0.25) is 4.79 Å². The Morgan fingerprint density at radius 3 is 2.82 bits per heavy atom. The monoisotopic (exact) mass is 340 g/mol. The smallest absolute Gasteiger partial charge is 0.243 e. The van der Waals surface area contributed by atoms with Gasteiger partial charge in [-0.25, -0.2) is 8.42 Å². The number of rotatable bonds is 2. The molecule has 0 radical (unpaired) electrons. The van der Waals surface area contributed by atoms with E-state index in [4.69, 9.17) is 0 Å². The van der Waals surface area contributed by atoms with Gasteiger partial charge in [-0.2, -0.15) is 16.1 Å². The largest absolute Gasteiger partial charge is 0.326 e. The Hall–Kier alpha value is -1.05. The zero-order valence-electron chi connectivity index (χ0n) is 12.4. The zero-order chi connectivity index (χ0) is 15.6. The standard InChI is InChI=1S/C15H20N2O3S2/c18-15-4-1-3-12-11-13(5-6-14(12)16-15)22(19,20)17-7-2-9-21-10-8-17/h5-6,11H,1-4,7-10H2,(H,16,18). The molecule has 0 atom stereocenters. The fraction of sp³-hybridized carbons (Fsp3) is 0.533. The predicted octanol–water partition coefficient (Wildman–Crippen LogP) is 2.09. The quantitative estimate of drug-likeness (QED) is 0.895. The number of carbonyl (C=O) groups is 1. The van der Waals surface area contributed by atoms with Crippen LogP contribution in [0.3, 0.4) is 0 Å². The third-order valence-corrected chi connectivity index (χ3v) is 6.96. The topological polar surface area (TPSA) is 66.5 Å². The Morgan fingerprint density at radius 2 is 1.95 bits per heavy atom. The van der Waals surface area contributed by atoms with E-state index in [-0.39, 0.29) is 5.91 Å². The van der Waals surface area contributed by atoms with E-state index in [2.05, 4.69) is 5.32 Å². The van der Waals surface area contributed by atoms with Gasteiger partial charge in [0.15, 0.2) is 0 Å². The van der Waals surface area contributed by atoms with Crippen LogP contribution in [0.4, 0.5) is 5.69 Å². The fourth-order valence-electron chi connectivity index (χ4n) is 2.82. The molecule has 22 heavy (non-hydrogen) atoms. The number of sulfonamides is 1. The van der Waals surface area contributed by atoms with Gasteiger partial charge in [-0.1, -0.05) is 0 Å². The lowest BCUT2D eigenvalue weighted by Crippen LogP contribution is -2.33. The van der Waals surface area contributed by atoms with Crippen molar-refractivity contribution >= 4 is 33.4 Å². The van der Waals surface area contributed by atoms with E-state index >= 15 is 0 Å². The molecule has 120 valence electrons. The van der Waals surface area contributed by atoms with Crippen LogP contribution in [0.25, 0.3) is 0 Å². The van der Waals surface area contributed by atoms with Gasteiger partial charge in [0.2, 0.25) is 15.9 Å². The fourth-order valence-corrected chi connectivity index (χ4v) is 5.36. The number of fused-ring (bicyclic) bond motifs is 1. The lowest BCUT2D eigenvalue weighted by molar-refractivity contribution is -0.116. The molecule has 2 aliphatic rings. The highest BCUT2D eigenvalue weighted by Crippen LogP contribution is 2.27. The summed E-state index contributed by atoms with van der Waals surface area (Å²) in [6.07, 6.45) is 2.86. The minimum Gasteiger partial charge on any atom is -0.326 e. The molecular weight excluding hydrogens is 320 g/mol. The number of anilines is 1. The third kappa shape index (κ3) is 3.31. The highest BCUT2D eigenvalue weighted by Gasteiger charge is 2.26. The molecule has 0 unspecified atom stereocenters. The van der Waals surface area contributed by atoms with Crippen LogP contribution in [-0.2, 0) is 21.2 Å². The molecule has 1 N–H and O–H groups in total. The van der Waals surface area contributed by atoms with Crippen molar-refractivity contribution < 1.29 is 13.2 Å². The number of thioether (sulfide) groups is 1. The summed E-state index contributed by atoms with van der Waals surface area (Å²) in [6.45, 7) is 1.16. The second kappa shape index (κ2) is 6.60. The van der Waals surface area contributed by atoms with Crippen molar-refractivity contribution in [1.29, 1.82) is 0 Å². The molecule has 0 aromatic heterocycles. The van der Waals surface area contributed by atoms with Gasteiger partial charge in [-0.05, 0) is 48.8 Å². The molecular formula is C15H20N2O3S2. The number of carbonyl (C=O) groups excluding carboxylic acids is 1. The number of nitrogens with zero attached hydrogens (tertiary/aromatic N) is 1. The molecule has 1 amide bonds. The lowest BCUT2D eigenvalue weighted by Gasteiger charge is -2.20. The summed E-state index contributed by atoms with van der Waals surface area (Å²) in [5.74, 6) is 1.86. The first kappa shape index (κ1) is 15.8. The van der Waals surface area contributed by atoms with E-state index in [1.54, 1.807) is 34.3 Å². The Balaban J connectivity index is 1.91. The number of nitrogens with one attached hydrogen (secondary N) is 1. The van der Waals surface area contributed by atoms with Crippen molar-refractivity contribution in [3.8, 4) is 0 Å². The molecule has 1 aromatic carbocycles. The van der Waals surface area contributed by atoms with Gasteiger partial charge in [0.1, 0.15) is 0 Å². The Kier molecular flexibility index (Phi) is 4.75. The molecule has 0 saturated carbocycles. The first-order valence-corrected chi connectivity index (χ1v) is 10.2. The Labute approximate surface area is 135 Å². The average molecular weight is 340 g/mol. The molecule has 3 rings (SSSR count). The van der Waals surface area contributed by atoms with Crippen LogP contribution in [0, 0.1) is 0 Å². The molecule has 1 saturated heterocycles. The van der Waals surface area contributed by atoms with Crippen LogP contribution in [0.1, 0.15) is 24.8 Å². The third-order valence-electron chi connectivity index (χ3n) is 4.02. The summed E-state index contributed by atoms with van der Waals surface area (Å²) in [5.41, 5.74) is 1.66. The SMILES string of the molecule is O=C1CCCc2cc(S(=O)(=O)N3CCCSCC3)ccc2N1. The molecule has 5 nitrogen and oxygen atoms in total. The van der Waals surface area contributed by atoms with Crippen LogP contribution in [-0.4, -0.2) is 43.2 Å². The van der Waals surface area contributed by atoms with Crippen LogP contribution < -0.4 is 5.32 Å². The molecule has 1 fully saturated rings. The minimum atomic E-state index is -3.44. The number of hydrogen-bond donors (Lipinski definition) is 1. The zero-order valence-corrected chi connectivity index (χ0v) is 14.0.